The molecule has 0 saturated heterocycles. The lowest BCUT2D eigenvalue weighted by Gasteiger charge is -2.13. The van der Waals surface area contributed by atoms with Crippen LogP contribution < -0.4 is 10.1 Å². The van der Waals surface area contributed by atoms with Gasteiger partial charge in [-0.2, -0.15) is 5.26 Å². The molecule has 1 N–H and O–H groups in total. The van der Waals surface area contributed by atoms with E-state index in [0.29, 0.717) is 16.3 Å². The van der Waals surface area contributed by atoms with Crippen LogP contribution in [0.15, 0.2) is 42.6 Å². The second-order valence-corrected chi connectivity index (χ2v) is 5.54. The molecule has 0 atom stereocenters. The van der Waals surface area contributed by atoms with Gasteiger partial charge >= 0.3 is 0 Å². The minimum atomic E-state index is 0. The van der Waals surface area contributed by atoms with Crippen molar-refractivity contribution in [2.75, 3.05) is 12.4 Å². The van der Waals surface area contributed by atoms with Gasteiger partial charge < -0.3 is 10.1 Å². The first-order chi connectivity index (χ1) is 11.1. The van der Waals surface area contributed by atoms with Crippen molar-refractivity contribution < 1.29 is 4.74 Å². The van der Waals surface area contributed by atoms with E-state index in [1.807, 2.05) is 43.3 Å². The first-order valence-corrected chi connectivity index (χ1v) is 7.40. The smallest absolute Gasteiger partial charge is 0.121 e. The normalized spacial score (nSPS) is 9.92. The second-order valence-electron chi connectivity index (χ2n) is 5.13. The van der Waals surface area contributed by atoms with Gasteiger partial charge in [0.1, 0.15) is 11.8 Å². The molecule has 24 heavy (non-hydrogen) atoms. The third-order valence-electron chi connectivity index (χ3n) is 3.64. The van der Waals surface area contributed by atoms with Gasteiger partial charge in [0.2, 0.25) is 0 Å². The SMILES string of the molecule is COc1ccc2c(Nc3ccc(C)c(Cl)c3)c(C#N)cnc2c1.Cl. The van der Waals surface area contributed by atoms with Crippen LogP contribution in [0.25, 0.3) is 10.9 Å². The van der Waals surface area contributed by atoms with Crippen LogP contribution in [0.4, 0.5) is 11.4 Å². The average Bonchev–Trinajstić information content (AvgIpc) is 2.58. The Labute approximate surface area is 151 Å². The number of hydrogen-bond acceptors (Lipinski definition) is 4. The van der Waals surface area contributed by atoms with Gasteiger partial charge in [-0.15, -0.1) is 12.4 Å². The molecule has 6 heteroatoms. The van der Waals surface area contributed by atoms with Crippen LogP contribution in [0.2, 0.25) is 5.02 Å². The van der Waals surface area contributed by atoms with Gasteiger partial charge in [-0.1, -0.05) is 17.7 Å². The van der Waals surface area contributed by atoms with E-state index in [-0.39, 0.29) is 12.4 Å². The standard InChI is InChI=1S/C18H14ClN3O.ClH/c1-11-3-4-13(7-16(11)19)22-18-12(9-20)10-21-17-8-14(23-2)5-6-15(17)18;/h3-8,10H,1-2H3,(H,21,22);1H. The number of anilines is 2. The van der Waals surface area contributed by atoms with Crippen molar-refractivity contribution in [1.82, 2.24) is 4.98 Å². The van der Waals surface area contributed by atoms with Crippen LogP contribution in [0.5, 0.6) is 5.75 Å². The fourth-order valence-electron chi connectivity index (χ4n) is 2.33. The molecule has 0 amide bonds. The number of halogens is 2. The maximum Gasteiger partial charge on any atom is 0.121 e. The molecule has 0 aliphatic rings. The van der Waals surface area contributed by atoms with E-state index in [4.69, 9.17) is 16.3 Å². The zero-order chi connectivity index (χ0) is 16.4. The fraction of sp³-hybridized carbons (Fsp3) is 0.111. The highest BCUT2D eigenvalue weighted by Crippen LogP contribution is 2.32. The summed E-state index contributed by atoms with van der Waals surface area (Å²) in [5.41, 5.74) is 3.76. The van der Waals surface area contributed by atoms with Gasteiger partial charge in [-0.3, -0.25) is 4.98 Å². The van der Waals surface area contributed by atoms with Crippen LogP contribution in [0.3, 0.4) is 0 Å². The monoisotopic (exact) mass is 359 g/mol. The Kier molecular flexibility index (Phi) is 5.50. The molecule has 122 valence electrons. The lowest BCUT2D eigenvalue weighted by molar-refractivity contribution is 0.415. The number of pyridine rings is 1. The lowest BCUT2D eigenvalue weighted by Crippen LogP contribution is -1.97. The second kappa shape index (κ2) is 7.39. The molecule has 0 fully saturated rings. The Morgan fingerprint density at radius 3 is 2.67 bits per heavy atom. The van der Waals surface area contributed by atoms with Crippen LogP contribution in [0.1, 0.15) is 11.1 Å². The van der Waals surface area contributed by atoms with Crippen LogP contribution >= 0.6 is 24.0 Å². The van der Waals surface area contributed by atoms with Crippen molar-refractivity contribution >= 4 is 46.3 Å². The summed E-state index contributed by atoms with van der Waals surface area (Å²) in [6, 6.07) is 13.4. The minimum Gasteiger partial charge on any atom is -0.497 e. The summed E-state index contributed by atoms with van der Waals surface area (Å²) in [4.78, 5) is 4.33. The number of nitrogens with zero attached hydrogens (tertiary/aromatic N) is 2. The summed E-state index contributed by atoms with van der Waals surface area (Å²) in [7, 11) is 1.61. The van der Waals surface area contributed by atoms with E-state index in [9.17, 15) is 5.26 Å². The highest BCUT2D eigenvalue weighted by atomic mass is 35.5. The molecule has 3 aromatic rings. The number of aryl methyl sites for hydroxylation is 1. The summed E-state index contributed by atoms with van der Waals surface area (Å²) in [5.74, 6) is 0.721. The van der Waals surface area contributed by atoms with Crippen LogP contribution in [-0.2, 0) is 0 Å². The molecule has 0 bridgehead atoms. The Morgan fingerprint density at radius 1 is 1.21 bits per heavy atom. The van der Waals surface area contributed by atoms with Crippen molar-refractivity contribution in [1.29, 1.82) is 5.26 Å². The van der Waals surface area contributed by atoms with Gasteiger partial charge in [0.15, 0.2) is 0 Å². The average molecular weight is 360 g/mol. The van der Waals surface area contributed by atoms with Crippen molar-refractivity contribution in [3.8, 4) is 11.8 Å². The maximum atomic E-state index is 9.37. The van der Waals surface area contributed by atoms with E-state index < -0.39 is 0 Å². The fourth-order valence-corrected chi connectivity index (χ4v) is 2.52. The molecule has 0 aliphatic heterocycles. The highest BCUT2D eigenvalue weighted by Gasteiger charge is 2.10. The molecular weight excluding hydrogens is 345 g/mol. The number of rotatable bonds is 3. The Morgan fingerprint density at radius 2 is 2.00 bits per heavy atom. The molecule has 2 aromatic carbocycles. The number of methoxy groups -OCH3 is 1. The molecule has 4 nitrogen and oxygen atoms in total. The number of nitrogens with one attached hydrogen (secondary N) is 1. The van der Waals surface area contributed by atoms with E-state index in [1.54, 1.807) is 13.3 Å². The molecule has 0 aliphatic carbocycles. The summed E-state index contributed by atoms with van der Waals surface area (Å²) in [6.45, 7) is 1.95. The first kappa shape index (κ1) is 17.9. The number of nitriles is 1. The van der Waals surface area contributed by atoms with Crippen molar-refractivity contribution in [3.63, 3.8) is 0 Å². The van der Waals surface area contributed by atoms with E-state index in [2.05, 4.69) is 16.4 Å². The molecule has 0 spiro atoms. The van der Waals surface area contributed by atoms with Gasteiger partial charge in [0.05, 0.1) is 23.9 Å². The largest absolute Gasteiger partial charge is 0.497 e. The summed E-state index contributed by atoms with van der Waals surface area (Å²) in [5, 5.41) is 14.2. The van der Waals surface area contributed by atoms with E-state index in [0.717, 1.165) is 27.9 Å². The Hall–Kier alpha value is -2.48. The van der Waals surface area contributed by atoms with Gasteiger partial charge in [0, 0.05) is 28.4 Å². The molecule has 1 heterocycles. The Bertz CT molecular complexity index is 935. The highest BCUT2D eigenvalue weighted by molar-refractivity contribution is 6.31. The number of fused-ring (bicyclic) bond motifs is 1. The van der Waals surface area contributed by atoms with Crippen molar-refractivity contribution in [3.05, 3.63) is 58.7 Å². The van der Waals surface area contributed by atoms with Gasteiger partial charge in [0.25, 0.3) is 0 Å². The first-order valence-electron chi connectivity index (χ1n) is 7.02. The lowest BCUT2D eigenvalue weighted by atomic mass is 10.1. The summed E-state index contributed by atoms with van der Waals surface area (Å²) < 4.78 is 5.22. The van der Waals surface area contributed by atoms with Crippen molar-refractivity contribution in [2.45, 2.75) is 6.92 Å². The van der Waals surface area contributed by atoms with Crippen molar-refractivity contribution in [2.24, 2.45) is 0 Å². The number of aromatic nitrogens is 1. The molecule has 1 aromatic heterocycles. The number of benzene rings is 2. The molecular formula is C18H15Cl2N3O. The predicted octanol–water partition coefficient (Wildman–Crippen LogP) is 5.24. The van der Waals surface area contributed by atoms with Crippen LogP contribution in [-0.4, -0.2) is 12.1 Å². The quantitative estimate of drug-likeness (QED) is 0.694. The third kappa shape index (κ3) is 3.38. The summed E-state index contributed by atoms with van der Waals surface area (Å²) in [6.07, 6.45) is 1.56. The van der Waals surface area contributed by atoms with Crippen LogP contribution in [0, 0.1) is 18.3 Å². The molecule has 0 radical (unpaired) electrons. The third-order valence-corrected chi connectivity index (χ3v) is 4.05. The van der Waals surface area contributed by atoms with E-state index >= 15 is 0 Å². The zero-order valence-electron chi connectivity index (χ0n) is 13.1. The minimum absolute atomic E-state index is 0. The topological polar surface area (TPSA) is 57.9 Å². The molecule has 3 rings (SSSR count). The number of ether oxygens (including phenoxy) is 1. The maximum absolute atomic E-state index is 9.37. The van der Waals surface area contributed by atoms with Gasteiger partial charge in [-0.05, 0) is 36.8 Å². The molecule has 0 unspecified atom stereocenters. The van der Waals surface area contributed by atoms with Gasteiger partial charge in [-0.25, -0.2) is 0 Å². The zero-order valence-corrected chi connectivity index (χ0v) is 14.7. The summed E-state index contributed by atoms with van der Waals surface area (Å²) >= 11 is 6.18. The van der Waals surface area contributed by atoms with E-state index in [1.165, 1.54) is 0 Å². The Balaban J connectivity index is 0.00000208. The predicted molar refractivity (Wildman–Crippen MR) is 99.7 cm³/mol. The molecule has 0 saturated carbocycles. The number of hydrogen-bond donors (Lipinski definition) is 1.